The molecule has 0 bridgehead atoms. The number of rotatable bonds is 3. The van der Waals surface area contributed by atoms with Crippen LogP contribution < -0.4 is 0 Å². The zero-order chi connectivity index (χ0) is 18.8. The van der Waals surface area contributed by atoms with Crippen LogP contribution in [0.25, 0.3) is 17.3 Å². The van der Waals surface area contributed by atoms with E-state index in [1.165, 1.54) is 16.8 Å². The molecule has 0 spiro atoms. The second-order valence-electron chi connectivity index (χ2n) is 6.55. The van der Waals surface area contributed by atoms with Crippen molar-refractivity contribution in [2.75, 3.05) is 0 Å². The van der Waals surface area contributed by atoms with Gasteiger partial charge in [-0.05, 0) is 62.6 Å². The fourth-order valence-electron chi connectivity index (χ4n) is 3.44. The van der Waals surface area contributed by atoms with Crippen LogP contribution in [0.5, 0.6) is 0 Å². The molecule has 2 nitrogen and oxygen atoms in total. The van der Waals surface area contributed by atoms with Crippen LogP contribution in [0.1, 0.15) is 33.6 Å². The zero-order valence-electron chi connectivity index (χ0n) is 15.5. The van der Waals surface area contributed by atoms with Crippen molar-refractivity contribution in [2.45, 2.75) is 27.7 Å². The molecule has 0 fully saturated rings. The van der Waals surface area contributed by atoms with Crippen molar-refractivity contribution in [2.24, 2.45) is 0 Å². The van der Waals surface area contributed by atoms with Crippen molar-refractivity contribution in [3.8, 4) is 11.8 Å². The third kappa shape index (κ3) is 3.19. The van der Waals surface area contributed by atoms with E-state index in [2.05, 4.69) is 62.6 Å². The highest BCUT2D eigenvalue weighted by atomic mass is 35.5. The highest BCUT2D eigenvalue weighted by molar-refractivity contribution is 6.32. The lowest BCUT2D eigenvalue weighted by atomic mass is 10.0. The van der Waals surface area contributed by atoms with Crippen LogP contribution in [0.15, 0.2) is 48.5 Å². The maximum absolute atomic E-state index is 9.65. The highest BCUT2D eigenvalue weighted by Crippen LogP contribution is 2.30. The van der Waals surface area contributed by atoms with Crippen molar-refractivity contribution >= 4 is 23.3 Å². The van der Waals surface area contributed by atoms with Gasteiger partial charge in [-0.3, -0.25) is 0 Å². The van der Waals surface area contributed by atoms with Crippen molar-refractivity contribution in [3.05, 3.63) is 87.2 Å². The molecule has 0 amide bonds. The SMILES string of the molecule is Cc1cccc(C)c1-n1c(C)cc(C=C(C#N)c2ccccc2Cl)c1C. The first-order chi connectivity index (χ1) is 12.4. The fraction of sp³-hybridized carbons (Fsp3) is 0.174. The molecule has 0 unspecified atom stereocenters. The Morgan fingerprint density at radius 1 is 1.00 bits per heavy atom. The van der Waals surface area contributed by atoms with Crippen molar-refractivity contribution in [3.63, 3.8) is 0 Å². The summed E-state index contributed by atoms with van der Waals surface area (Å²) < 4.78 is 2.26. The van der Waals surface area contributed by atoms with Crippen molar-refractivity contribution < 1.29 is 0 Å². The molecule has 0 atom stereocenters. The molecule has 0 radical (unpaired) electrons. The molecule has 0 saturated carbocycles. The van der Waals surface area contributed by atoms with E-state index < -0.39 is 0 Å². The number of halogens is 1. The van der Waals surface area contributed by atoms with Gasteiger partial charge in [-0.1, -0.05) is 48.0 Å². The lowest BCUT2D eigenvalue weighted by Crippen LogP contribution is -2.03. The number of allylic oxidation sites excluding steroid dienone is 1. The predicted octanol–water partition coefficient (Wildman–Crippen LogP) is 6.43. The van der Waals surface area contributed by atoms with Gasteiger partial charge in [0.2, 0.25) is 0 Å². The number of aromatic nitrogens is 1. The molecule has 2 aromatic carbocycles. The van der Waals surface area contributed by atoms with Crippen molar-refractivity contribution in [1.82, 2.24) is 4.57 Å². The molecule has 0 N–H and O–H groups in total. The molecule has 3 heteroatoms. The normalized spacial score (nSPS) is 11.5. The molecule has 130 valence electrons. The van der Waals surface area contributed by atoms with E-state index >= 15 is 0 Å². The molecule has 0 aliphatic carbocycles. The minimum Gasteiger partial charge on any atom is -0.317 e. The minimum atomic E-state index is 0.567. The summed E-state index contributed by atoms with van der Waals surface area (Å²) in [5, 5.41) is 10.2. The zero-order valence-corrected chi connectivity index (χ0v) is 16.2. The number of aryl methyl sites for hydroxylation is 3. The summed E-state index contributed by atoms with van der Waals surface area (Å²) >= 11 is 6.28. The number of benzene rings is 2. The number of nitriles is 1. The van der Waals surface area contributed by atoms with Crippen LogP contribution in [0.2, 0.25) is 5.02 Å². The number of hydrogen-bond acceptors (Lipinski definition) is 1. The molecule has 3 rings (SSSR count). The summed E-state index contributed by atoms with van der Waals surface area (Å²) in [5.74, 6) is 0. The van der Waals surface area contributed by atoms with Crippen LogP contribution in [0.4, 0.5) is 0 Å². The first-order valence-electron chi connectivity index (χ1n) is 8.56. The molecule has 3 aromatic rings. The molecule has 0 aliphatic heterocycles. The smallest absolute Gasteiger partial charge is 0.0998 e. The van der Waals surface area contributed by atoms with Gasteiger partial charge in [0.15, 0.2) is 0 Å². The molecular formula is C23H21ClN2. The Balaban J connectivity index is 2.18. The first kappa shape index (κ1) is 18.0. The Bertz CT molecular complexity index is 1030. The Labute approximate surface area is 160 Å². The summed E-state index contributed by atoms with van der Waals surface area (Å²) in [6.45, 7) is 8.44. The standard InChI is InChI=1S/C23H21ClN2/c1-15-8-7-9-16(2)23(15)26-17(3)12-19(18(26)4)13-20(14-25)21-10-5-6-11-22(21)24/h5-13H,1-4H3. The lowest BCUT2D eigenvalue weighted by Gasteiger charge is -2.15. The Morgan fingerprint density at radius 2 is 1.65 bits per heavy atom. The second-order valence-corrected chi connectivity index (χ2v) is 6.96. The molecule has 0 saturated heterocycles. The maximum Gasteiger partial charge on any atom is 0.0998 e. The van der Waals surface area contributed by atoms with E-state index in [-0.39, 0.29) is 0 Å². The fourth-order valence-corrected chi connectivity index (χ4v) is 3.68. The Kier molecular flexibility index (Phi) is 5.02. The molecule has 26 heavy (non-hydrogen) atoms. The van der Waals surface area contributed by atoms with Crippen LogP contribution in [0.3, 0.4) is 0 Å². The Morgan fingerprint density at radius 3 is 2.27 bits per heavy atom. The quantitative estimate of drug-likeness (QED) is 0.495. The lowest BCUT2D eigenvalue weighted by molar-refractivity contribution is 0.943. The van der Waals surface area contributed by atoms with Gasteiger partial charge in [0.25, 0.3) is 0 Å². The van der Waals surface area contributed by atoms with Gasteiger partial charge in [-0.2, -0.15) is 5.26 Å². The molecule has 0 aliphatic rings. The Hall–Kier alpha value is -2.76. The predicted molar refractivity (Wildman–Crippen MR) is 110 cm³/mol. The summed E-state index contributed by atoms with van der Waals surface area (Å²) in [7, 11) is 0. The molecule has 1 heterocycles. The summed E-state index contributed by atoms with van der Waals surface area (Å²) in [6, 6.07) is 18.2. The second kappa shape index (κ2) is 7.23. The average Bonchev–Trinajstić information content (AvgIpc) is 2.88. The van der Waals surface area contributed by atoms with Gasteiger partial charge in [0.1, 0.15) is 0 Å². The van der Waals surface area contributed by atoms with Gasteiger partial charge in [0.05, 0.1) is 17.3 Å². The highest BCUT2D eigenvalue weighted by Gasteiger charge is 2.14. The summed E-state index contributed by atoms with van der Waals surface area (Å²) in [5.41, 5.74) is 8.27. The van der Waals surface area contributed by atoms with E-state index in [4.69, 9.17) is 11.6 Å². The number of nitrogens with zero attached hydrogens (tertiary/aromatic N) is 2. The number of para-hydroxylation sites is 1. The number of hydrogen-bond donors (Lipinski definition) is 0. The molecular weight excluding hydrogens is 340 g/mol. The van der Waals surface area contributed by atoms with Crippen LogP contribution in [-0.4, -0.2) is 4.57 Å². The van der Waals surface area contributed by atoms with Gasteiger partial charge in [0, 0.05) is 22.0 Å². The first-order valence-corrected chi connectivity index (χ1v) is 8.94. The average molecular weight is 361 g/mol. The van der Waals surface area contributed by atoms with Crippen LogP contribution >= 0.6 is 11.6 Å². The summed E-state index contributed by atoms with van der Waals surface area (Å²) in [4.78, 5) is 0. The minimum absolute atomic E-state index is 0.567. The third-order valence-electron chi connectivity index (χ3n) is 4.72. The van der Waals surface area contributed by atoms with Crippen LogP contribution in [-0.2, 0) is 0 Å². The third-order valence-corrected chi connectivity index (χ3v) is 5.05. The largest absolute Gasteiger partial charge is 0.317 e. The van der Waals surface area contributed by atoms with Crippen LogP contribution in [0, 0.1) is 39.0 Å². The van der Waals surface area contributed by atoms with Gasteiger partial charge < -0.3 is 4.57 Å². The maximum atomic E-state index is 9.65. The topological polar surface area (TPSA) is 28.7 Å². The van der Waals surface area contributed by atoms with Crippen molar-refractivity contribution in [1.29, 1.82) is 5.26 Å². The van der Waals surface area contributed by atoms with E-state index in [0.717, 1.165) is 22.5 Å². The van der Waals surface area contributed by atoms with Gasteiger partial charge in [-0.25, -0.2) is 0 Å². The van der Waals surface area contributed by atoms with Gasteiger partial charge in [-0.15, -0.1) is 0 Å². The van der Waals surface area contributed by atoms with E-state index in [1.807, 2.05) is 30.3 Å². The van der Waals surface area contributed by atoms with E-state index in [0.29, 0.717) is 10.6 Å². The molecule has 1 aromatic heterocycles. The summed E-state index contributed by atoms with van der Waals surface area (Å²) in [6.07, 6.45) is 1.92. The van der Waals surface area contributed by atoms with E-state index in [9.17, 15) is 5.26 Å². The van der Waals surface area contributed by atoms with Gasteiger partial charge >= 0.3 is 0 Å². The van der Waals surface area contributed by atoms with E-state index in [1.54, 1.807) is 0 Å². The monoisotopic (exact) mass is 360 g/mol.